The normalized spacial score (nSPS) is 12.1. The van der Waals surface area contributed by atoms with Crippen LogP contribution in [0.4, 0.5) is 0 Å². The van der Waals surface area contributed by atoms with E-state index in [-0.39, 0.29) is 0 Å². The first-order valence-corrected chi connectivity index (χ1v) is 7.69. The molecule has 2 aromatic carbocycles. The fourth-order valence-corrected chi connectivity index (χ4v) is 2.49. The van der Waals surface area contributed by atoms with E-state index in [4.69, 9.17) is 4.74 Å². The van der Waals surface area contributed by atoms with Crippen LogP contribution in [0.15, 0.2) is 48.5 Å². The van der Waals surface area contributed by atoms with Crippen LogP contribution < -0.4 is 10.1 Å². The van der Waals surface area contributed by atoms with E-state index in [2.05, 4.69) is 61.6 Å². The van der Waals surface area contributed by atoms with E-state index in [0.717, 1.165) is 25.2 Å². The second-order valence-electron chi connectivity index (χ2n) is 5.39. The lowest BCUT2D eigenvalue weighted by Gasteiger charge is -2.19. The molecule has 0 aliphatic carbocycles. The molecule has 2 heteroatoms. The lowest BCUT2D eigenvalue weighted by molar-refractivity contribution is 0.317. The number of benzene rings is 2. The van der Waals surface area contributed by atoms with Crippen molar-refractivity contribution in [1.82, 2.24) is 5.32 Å². The smallest absolute Gasteiger partial charge is 0.119 e. The van der Waals surface area contributed by atoms with Gasteiger partial charge in [0.2, 0.25) is 0 Å². The Morgan fingerprint density at radius 3 is 2.62 bits per heavy atom. The van der Waals surface area contributed by atoms with Gasteiger partial charge in [0.05, 0.1) is 6.61 Å². The number of nitrogens with one attached hydrogen (secondary N) is 1. The van der Waals surface area contributed by atoms with Gasteiger partial charge in [-0.1, -0.05) is 43.3 Å². The summed E-state index contributed by atoms with van der Waals surface area (Å²) in [6.45, 7) is 5.06. The van der Waals surface area contributed by atoms with Crippen molar-refractivity contribution in [3.63, 3.8) is 0 Å². The maximum absolute atomic E-state index is 5.74. The average molecular weight is 283 g/mol. The first-order chi connectivity index (χ1) is 10.2. The highest BCUT2D eigenvalue weighted by Crippen LogP contribution is 2.23. The second kappa shape index (κ2) is 7.84. The summed E-state index contributed by atoms with van der Waals surface area (Å²) in [6, 6.07) is 17.3. The summed E-state index contributed by atoms with van der Waals surface area (Å²) >= 11 is 0. The highest BCUT2D eigenvalue weighted by Gasteiger charge is 2.12. The number of aryl methyl sites for hydroxylation is 1. The SMILES string of the molecule is CCCOc1cccc(C(Cc2ccccc2C)NC)c1. The van der Waals surface area contributed by atoms with Gasteiger partial charge in [-0.2, -0.15) is 0 Å². The fourth-order valence-electron chi connectivity index (χ4n) is 2.49. The number of rotatable bonds is 7. The van der Waals surface area contributed by atoms with E-state index >= 15 is 0 Å². The van der Waals surface area contributed by atoms with Gasteiger partial charge >= 0.3 is 0 Å². The van der Waals surface area contributed by atoms with Crippen LogP contribution in [0.5, 0.6) is 5.75 Å². The van der Waals surface area contributed by atoms with E-state index in [1.807, 2.05) is 13.1 Å². The van der Waals surface area contributed by atoms with Gasteiger partial charge in [-0.25, -0.2) is 0 Å². The van der Waals surface area contributed by atoms with Crippen molar-refractivity contribution >= 4 is 0 Å². The van der Waals surface area contributed by atoms with Crippen molar-refractivity contribution in [3.8, 4) is 5.75 Å². The summed E-state index contributed by atoms with van der Waals surface area (Å²) in [5.74, 6) is 0.958. The predicted octanol–water partition coefficient (Wildman–Crippen LogP) is 4.29. The molecule has 0 spiro atoms. The molecule has 1 atom stereocenters. The molecule has 0 amide bonds. The Morgan fingerprint density at radius 2 is 1.90 bits per heavy atom. The molecule has 0 aliphatic heterocycles. The van der Waals surface area contributed by atoms with Gasteiger partial charge in [0, 0.05) is 6.04 Å². The van der Waals surface area contributed by atoms with Crippen molar-refractivity contribution in [1.29, 1.82) is 0 Å². The summed E-state index contributed by atoms with van der Waals surface area (Å²) < 4.78 is 5.74. The monoisotopic (exact) mass is 283 g/mol. The Balaban J connectivity index is 2.15. The lowest BCUT2D eigenvalue weighted by atomic mass is 9.96. The molecule has 21 heavy (non-hydrogen) atoms. The van der Waals surface area contributed by atoms with Crippen LogP contribution in [-0.4, -0.2) is 13.7 Å². The molecule has 1 unspecified atom stereocenters. The molecular weight excluding hydrogens is 258 g/mol. The number of hydrogen-bond donors (Lipinski definition) is 1. The first-order valence-electron chi connectivity index (χ1n) is 7.69. The van der Waals surface area contributed by atoms with E-state index < -0.39 is 0 Å². The minimum absolute atomic E-state index is 0.302. The topological polar surface area (TPSA) is 21.3 Å². The third-order valence-electron chi connectivity index (χ3n) is 3.77. The van der Waals surface area contributed by atoms with Gasteiger partial charge < -0.3 is 10.1 Å². The lowest BCUT2D eigenvalue weighted by Crippen LogP contribution is -2.19. The van der Waals surface area contributed by atoms with Crippen molar-refractivity contribution in [2.75, 3.05) is 13.7 Å². The molecule has 0 saturated carbocycles. The van der Waals surface area contributed by atoms with Crippen LogP contribution in [0.1, 0.15) is 36.1 Å². The van der Waals surface area contributed by atoms with E-state index in [9.17, 15) is 0 Å². The van der Waals surface area contributed by atoms with Gasteiger partial charge in [0.15, 0.2) is 0 Å². The van der Waals surface area contributed by atoms with Gasteiger partial charge in [0.25, 0.3) is 0 Å². The summed E-state index contributed by atoms with van der Waals surface area (Å²) in [5.41, 5.74) is 4.00. The molecule has 0 aliphatic rings. The van der Waals surface area contributed by atoms with Crippen molar-refractivity contribution in [2.24, 2.45) is 0 Å². The summed E-state index contributed by atoms with van der Waals surface area (Å²) in [6.07, 6.45) is 2.02. The molecule has 0 heterocycles. The summed E-state index contributed by atoms with van der Waals surface area (Å²) in [5, 5.41) is 3.42. The number of ether oxygens (including phenoxy) is 1. The Morgan fingerprint density at radius 1 is 1.10 bits per heavy atom. The number of hydrogen-bond acceptors (Lipinski definition) is 2. The molecule has 0 bridgehead atoms. The Labute approximate surface area is 128 Å². The molecule has 1 N–H and O–H groups in total. The molecular formula is C19H25NO. The quantitative estimate of drug-likeness (QED) is 0.818. The van der Waals surface area contributed by atoms with Crippen LogP contribution in [0.25, 0.3) is 0 Å². The van der Waals surface area contributed by atoms with Crippen molar-refractivity contribution in [3.05, 3.63) is 65.2 Å². The fraction of sp³-hybridized carbons (Fsp3) is 0.368. The summed E-state index contributed by atoms with van der Waals surface area (Å²) in [4.78, 5) is 0. The standard InChI is InChI=1S/C19H25NO/c1-4-12-21-18-11-7-10-17(13-18)19(20-3)14-16-9-6-5-8-15(16)2/h5-11,13,19-20H,4,12,14H2,1-3H3. The molecule has 2 rings (SSSR count). The van der Waals surface area contributed by atoms with Crippen LogP contribution >= 0.6 is 0 Å². The molecule has 0 aromatic heterocycles. The highest BCUT2D eigenvalue weighted by atomic mass is 16.5. The predicted molar refractivity (Wildman–Crippen MR) is 88.9 cm³/mol. The zero-order valence-corrected chi connectivity index (χ0v) is 13.2. The van der Waals surface area contributed by atoms with E-state index in [1.165, 1.54) is 16.7 Å². The molecule has 0 radical (unpaired) electrons. The van der Waals surface area contributed by atoms with Gasteiger partial charge in [-0.15, -0.1) is 0 Å². The Kier molecular flexibility index (Phi) is 5.82. The second-order valence-corrected chi connectivity index (χ2v) is 5.39. The molecule has 2 aromatic rings. The Bertz CT molecular complexity index is 565. The average Bonchev–Trinajstić information content (AvgIpc) is 2.52. The van der Waals surface area contributed by atoms with Crippen LogP contribution in [0, 0.1) is 6.92 Å². The van der Waals surface area contributed by atoms with Crippen LogP contribution in [-0.2, 0) is 6.42 Å². The van der Waals surface area contributed by atoms with Gasteiger partial charge in [-0.3, -0.25) is 0 Å². The van der Waals surface area contributed by atoms with Crippen molar-refractivity contribution < 1.29 is 4.74 Å². The van der Waals surface area contributed by atoms with Crippen LogP contribution in [0.3, 0.4) is 0 Å². The minimum atomic E-state index is 0.302. The Hall–Kier alpha value is -1.80. The summed E-state index contributed by atoms with van der Waals surface area (Å²) in [7, 11) is 2.02. The zero-order valence-electron chi connectivity index (χ0n) is 13.2. The molecule has 0 fully saturated rings. The molecule has 2 nitrogen and oxygen atoms in total. The largest absolute Gasteiger partial charge is 0.494 e. The van der Waals surface area contributed by atoms with Gasteiger partial charge in [0.1, 0.15) is 5.75 Å². The number of likely N-dealkylation sites (N-methyl/N-ethyl adjacent to an activating group) is 1. The maximum Gasteiger partial charge on any atom is 0.119 e. The van der Waals surface area contributed by atoms with Crippen LogP contribution in [0.2, 0.25) is 0 Å². The first kappa shape index (κ1) is 15.6. The van der Waals surface area contributed by atoms with Gasteiger partial charge in [-0.05, 0) is 55.6 Å². The maximum atomic E-state index is 5.74. The third-order valence-corrected chi connectivity index (χ3v) is 3.77. The highest BCUT2D eigenvalue weighted by molar-refractivity contribution is 5.33. The molecule has 112 valence electrons. The van der Waals surface area contributed by atoms with Crippen molar-refractivity contribution in [2.45, 2.75) is 32.7 Å². The zero-order chi connectivity index (χ0) is 15.1. The molecule has 0 saturated heterocycles. The minimum Gasteiger partial charge on any atom is -0.494 e. The van der Waals surface area contributed by atoms with E-state index in [0.29, 0.717) is 6.04 Å². The third kappa shape index (κ3) is 4.33. The van der Waals surface area contributed by atoms with E-state index in [1.54, 1.807) is 0 Å².